The molecule has 8 nitrogen and oxygen atoms in total. The fourth-order valence-corrected chi connectivity index (χ4v) is 5.71. The molecule has 0 bridgehead atoms. The first-order valence-electron chi connectivity index (χ1n) is 8.82. The molecular weight excluding hydrogens is 402 g/mol. The highest BCUT2D eigenvalue weighted by molar-refractivity contribution is 7.91. The molecule has 2 heterocycles. The van der Waals surface area contributed by atoms with Gasteiger partial charge in [-0.3, -0.25) is 9.88 Å². The van der Waals surface area contributed by atoms with Crippen LogP contribution in [0.15, 0.2) is 58.6 Å². The zero-order valence-corrected chi connectivity index (χ0v) is 17.2. The molecule has 1 aromatic carbocycles. The first-order valence-corrected chi connectivity index (χ1v) is 11.9. The van der Waals surface area contributed by atoms with Crippen molar-refractivity contribution < 1.29 is 21.6 Å². The quantitative estimate of drug-likeness (QED) is 0.649. The maximum absolute atomic E-state index is 12.6. The van der Waals surface area contributed by atoms with Crippen molar-refractivity contribution >= 4 is 19.9 Å². The predicted octanol–water partition coefficient (Wildman–Crippen LogP) is 0.870. The van der Waals surface area contributed by atoms with E-state index in [1.165, 1.54) is 35.9 Å². The SMILES string of the molecule is COc1cccc(S(=O)(=O)CCN2CCN(S(=O)(=O)c3cccnc3)CC2)c1. The third kappa shape index (κ3) is 4.69. The summed E-state index contributed by atoms with van der Waals surface area (Å²) in [5.74, 6) is 0.463. The summed E-state index contributed by atoms with van der Waals surface area (Å²) >= 11 is 0. The second kappa shape index (κ2) is 8.56. The summed E-state index contributed by atoms with van der Waals surface area (Å²) in [4.78, 5) is 6.23. The van der Waals surface area contributed by atoms with Gasteiger partial charge in [0, 0.05) is 45.1 Å². The number of hydrogen-bond donors (Lipinski definition) is 0. The average molecular weight is 426 g/mol. The van der Waals surface area contributed by atoms with Crippen molar-refractivity contribution in [2.24, 2.45) is 0 Å². The maximum Gasteiger partial charge on any atom is 0.244 e. The molecule has 1 fully saturated rings. The summed E-state index contributed by atoms with van der Waals surface area (Å²) in [5, 5.41) is 0. The Balaban J connectivity index is 1.57. The molecule has 0 unspecified atom stereocenters. The van der Waals surface area contributed by atoms with E-state index in [1.54, 1.807) is 24.3 Å². The molecule has 0 atom stereocenters. The Morgan fingerprint density at radius 2 is 1.71 bits per heavy atom. The van der Waals surface area contributed by atoms with Gasteiger partial charge in [0.15, 0.2) is 9.84 Å². The van der Waals surface area contributed by atoms with Gasteiger partial charge in [0.25, 0.3) is 0 Å². The standard InChI is InChI=1S/C18H23N3O5S2/c1-26-16-4-2-5-17(14-16)27(22,23)13-12-20-8-10-21(11-9-20)28(24,25)18-6-3-7-19-15-18/h2-7,14-15H,8-13H2,1H3. The summed E-state index contributed by atoms with van der Waals surface area (Å²) in [6, 6.07) is 9.51. The van der Waals surface area contributed by atoms with Gasteiger partial charge in [0.05, 0.1) is 17.8 Å². The van der Waals surface area contributed by atoms with Crippen molar-refractivity contribution in [3.8, 4) is 5.75 Å². The van der Waals surface area contributed by atoms with E-state index >= 15 is 0 Å². The van der Waals surface area contributed by atoms with Gasteiger partial charge in [0.2, 0.25) is 10.0 Å². The highest BCUT2D eigenvalue weighted by atomic mass is 32.2. The number of sulfonamides is 1. The van der Waals surface area contributed by atoms with E-state index in [0.29, 0.717) is 38.5 Å². The summed E-state index contributed by atoms with van der Waals surface area (Å²) in [7, 11) is -5.52. The van der Waals surface area contributed by atoms with Crippen LogP contribution in [0.25, 0.3) is 0 Å². The first kappa shape index (κ1) is 20.7. The van der Waals surface area contributed by atoms with Crippen LogP contribution in [0.2, 0.25) is 0 Å². The van der Waals surface area contributed by atoms with Gasteiger partial charge in [-0.15, -0.1) is 0 Å². The number of benzene rings is 1. The van der Waals surface area contributed by atoms with Gasteiger partial charge >= 0.3 is 0 Å². The minimum atomic E-state index is -3.57. The minimum absolute atomic E-state index is 0.0322. The summed E-state index contributed by atoms with van der Waals surface area (Å²) in [6.07, 6.45) is 2.86. The topological polar surface area (TPSA) is 96.9 Å². The molecule has 0 spiro atoms. The Kier molecular flexibility index (Phi) is 6.33. The molecule has 0 N–H and O–H groups in total. The van der Waals surface area contributed by atoms with Crippen LogP contribution in [-0.4, -0.2) is 76.6 Å². The molecule has 2 aromatic rings. The lowest BCUT2D eigenvalue weighted by Gasteiger charge is -2.33. The van der Waals surface area contributed by atoms with E-state index in [2.05, 4.69) is 4.98 Å². The summed E-state index contributed by atoms with van der Waals surface area (Å²) in [6.45, 7) is 1.94. The van der Waals surface area contributed by atoms with Crippen LogP contribution in [0.1, 0.15) is 0 Å². The fourth-order valence-electron chi connectivity index (χ4n) is 3.00. The second-order valence-electron chi connectivity index (χ2n) is 6.43. The third-order valence-corrected chi connectivity index (χ3v) is 8.25. The van der Waals surface area contributed by atoms with Gasteiger partial charge in [-0.25, -0.2) is 16.8 Å². The van der Waals surface area contributed by atoms with Crippen LogP contribution in [0.4, 0.5) is 0 Å². The van der Waals surface area contributed by atoms with E-state index < -0.39 is 19.9 Å². The molecule has 1 aliphatic rings. The molecule has 0 amide bonds. The number of rotatable bonds is 7. The molecule has 28 heavy (non-hydrogen) atoms. The van der Waals surface area contributed by atoms with Crippen molar-refractivity contribution in [2.75, 3.05) is 45.6 Å². The number of nitrogens with zero attached hydrogens (tertiary/aromatic N) is 3. The average Bonchev–Trinajstić information content (AvgIpc) is 2.73. The highest BCUT2D eigenvalue weighted by Crippen LogP contribution is 2.19. The fraction of sp³-hybridized carbons (Fsp3) is 0.389. The molecule has 0 radical (unpaired) electrons. The minimum Gasteiger partial charge on any atom is -0.497 e. The Morgan fingerprint density at radius 1 is 1.00 bits per heavy atom. The van der Waals surface area contributed by atoms with Crippen LogP contribution in [0.3, 0.4) is 0 Å². The number of pyridine rings is 1. The van der Waals surface area contributed by atoms with Gasteiger partial charge in [-0.05, 0) is 30.3 Å². The van der Waals surface area contributed by atoms with Crippen LogP contribution in [0.5, 0.6) is 5.75 Å². The van der Waals surface area contributed by atoms with Gasteiger partial charge in [0.1, 0.15) is 10.6 Å². The zero-order chi connectivity index (χ0) is 20.2. The predicted molar refractivity (Wildman–Crippen MR) is 104 cm³/mol. The van der Waals surface area contributed by atoms with Crippen LogP contribution in [0, 0.1) is 0 Å². The van der Waals surface area contributed by atoms with E-state index in [0.717, 1.165) is 0 Å². The molecule has 0 aliphatic carbocycles. The van der Waals surface area contributed by atoms with Gasteiger partial charge in [-0.2, -0.15) is 4.31 Å². The molecule has 3 rings (SSSR count). The molecule has 152 valence electrons. The third-order valence-electron chi connectivity index (χ3n) is 4.68. The van der Waals surface area contributed by atoms with Crippen molar-refractivity contribution in [3.05, 3.63) is 48.8 Å². The molecule has 1 aliphatic heterocycles. The lowest BCUT2D eigenvalue weighted by molar-refractivity contribution is 0.197. The number of aromatic nitrogens is 1. The summed E-state index contributed by atoms with van der Waals surface area (Å²) < 4.78 is 56.8. The van der Waals surface area contributed by atoms with Crippen molar-refractivity contribution in [1.29, 1.82) is 0 Å². The van der Waals surface area contributed by atoms with E-state index in [-0.39, 0.29) is 15.5 Å². The summed E-state index contributed by atoms with van der Waals surface area (Å²) in [5.41, 5.74) is 0. The largest absolute Gasteiger partial charge is 0.497 e. The molecule has 10 heteroatoms. The van der Waals surface area contributed by atoms with Crippen molar-refractivity contribution in [2.45, 2.75) is 9.79 Å². The molecule has 1 saturated heterocycles. The normalized spacial score (nSPS) is 16.8. The lowest BCUT2D eigenvalue weighted by atomic mass is 10.3. The van der Waals surface area contributed by atoms with Crippen molar-refractivity contribution in [3.63, 3.8) is 0 Å². The van der Waals surface area contributed by atoms with Gasteiger partial charge in [-0.1, -0.05) is 6.07 Å². The molecule has 0 saturated carbocycles. The Hall–Kier alpha value is -2.01. The van der Waals surface area contributed by atoms with Crippen LogP contribution < -0.4 is 4.74 Å². The van der Waals surface area contributed by atoms with E-state index in [9.17, 15) is 16.8 Å². The van der Waals surface area contributed by atoms with Crippen LogP contribution >= 0.6 is 0 Å². The smallest absolute Gasteiger partial charge is 0.244 e. The Labute approximate surface area is 165 Å². The number of ether oxygens (including phenoxy) is 1. The molecular formula is C18H23N3O5S2. The van der Waals surface area contributed by atoms with Crippen LogP contribution in [-0.2, 0) is 19.9 Å². The zero-order valence-electron chi connectivity index (χ0n) is 15.6. The maximum atomic E-state index is 12.6. The number of sulfone groups is 1. The monoisotopic (exact) mass is 425 g/mol. The number of methoxy groups -OCH3 is 1. The first-order chi connectivity index (χ1) is 13.3. The second-order valence-corrected chi connectivity index (χ2v) is 10.5. The van der Waals surface area contributed by atoms with E-state index in [4.69, 9.17) is 4.74 Å². The molecule has 1 aromatic heterocycles. The number of hydrogen-bond acceptors (Lipinski definition) is 7. The van der Waals surface area contributed by atoms with Crippen molar-refractivity contribution in [1.82, 2.24) is 14.2 Å². The Bertz CT molecular complexity index is 1000. The number of piperazine rings is 1. The van der Waals surface area contributed by atoms with E-state index in [1.807, 2.05) is 4.90 Å². The lowest BCUT2D eigenvalue weighted by Crippen LogP contribution is -2.49. The highest BCUT2D eigenvalue weighted by Gasteiger charge is 2.29. The Morgan fingerprint density at radius 3 is 2.36 bits per heavy atom. The van der Waals surface area contributed by atoms with Gasteiger partial charge < -0.3 is 4.74 Å².